The average Bonchev–Trinajstić information content (AvgIpc) is 2.89. The summed E-state index contributed by atoms with van der Waals surface area (Å²) in [6, 6.07) is 4.79. The molecule has 2 atom stereocenters. The molecule has 2 saturated heterocycles. The maximum atomic E-state index is 12.4. The minimum atomic E-state index is -3.30. The van der Waals surface area contributed by atoms with Gasteiger partial charge in [0.15, 0.2) is 0 Å². The van der Waals surface area contributed by atoms with Gasteiger partial charge in [0.2, 0.25) is 15.9 Å². The van der Waals surface area contributed by atoms with Gasteiger partial charge in [-0.05, 0) is 50.9 Å². The molecule has 1 amide bonds. The number of nitrogens with zero attached hydrogens (tertiary/aromatic N) is 1. The van der Waals surface area contributed by atoms with Crippen molar-refractivity contribution in [2.45, 2.75) is 32.2 Å². The van der Waals surface area contributed by atoms with Crippen LogP contribution >= 0.6 is 12.4 Å². The summed E-state index contributed by atoms with van der Waals surface area (Å²) in [7, 11) is -3.30. The molecule has 2 fully saturated rings. The number of sulfonamides is 1. The predicted octanol–water partition coefficient (Wildman–Crippen LogP) is 1.68. The molecule has 2 aliphatic rings. The van der Waals surface area contributed by atoms with Crippen molar-refractivity contribution < 1.29 is 18.3 Å². The first-order valence-electron chi connectivity index (χ1n) is 8.24. The zero-order valence-electron chi connectivity index (χ0n) is 14.1. The van der Waals surface area contributed by atoms with E-state index in [-0.39, 0.29) is 47.5 Å². The Hall–Kier alpha value is -1.51. The Balaban J connectivity index is 0.00000225. The van der Waals surface area contributed by atoms with Gasteiger partial charge in [-0.15, -0.1) is 12.4 Å². The Morgan fingerprint density at radius 3 is 2.80 bits per heavy atom. The molecule has 25 heavy (non-hydrogen) atoms. The van der Waals surface area contributed by atoms with Crippen molar-refractivity contribution in [3.63, 3.8) is 0 Å². The molecule has 1 aromatic rings. The molecule has 0 unspecified atom stereocenters. The zero-order valence-corrected chi connectivity index (χ0v) is 15.7. The molecule has 0 saturated carbocycles. The topological polar surface area (TPSA) is 98.7 Å². The van der Waals surface area contributed by atoms with E-state index in [2.05, 4.69) is 10.6 Å². The van der Waals surface area contributed by atoms with Crippen LogP contribution in [0.2, 0.25) is 0 Å². The largest absolute Gasteiger partial charge is 0.506 e. The molecule has 140 valence electrons. The lowest BCUT2D eigenvalue weighted by Gasteiger charge is -2.27. The van der Waals surface area contributed by atoms with E-state index in [0.29, 0.717) is 18.7 Å². The first-order valence-corrected chi connectivity index (χ1v) is 9.85. The molecule has 1 aromatic carbocycles. The lowest BCUT2D eigenvalue weighted by molar-refractivity contribution is -0.120. The molecular weight excluding hydrogens is 366 g/mol. The number of halogens is 1. The molecule has 2 heterocycles. The number of benzene rings is 1. The third kappa shape index (κ3) is 4.37. The molecule has 0 spiro atoms. The van der Waals surface area contributed by atoms with Crippen molar-refractivity contribution in [3.05, 3.63) is 18.2 Å². The van der Waals surface area contributed by atoms with Crippen LogP contribution in [0.5, 0.6) is 5.75 Å². The van der Waals surface area contributed by atoms with E-state index in [0.717, 1.165) is 19.4 Å². The number of anilines is 2. The van der Waals surface area contributed by atoms with Crippen molar-refractivity contribution >= 4 is 39.7 Å². The summed E-state index contributed by atoms with van der Waals surface area (Å²) in [6.07, 6.45) is 2.07. The Labute approximate surface area is 154 Å². The van der Waals surface area contributed by atoms with Gasteiger partial charge >= 0.3 is 0 Å². The van der Waals surface area contributed by atoms with Crippen LogP contribution in [0, 0.1) is 5.92 Å². The fourth-order valence-electron chi connectivity index (χ4n) is 3.31. The van der Waals surface area contributed by atoms with Crippen molar-refractivity contribution in [2.75, 3.05) is 28.5 Å². The second-order valence-electron chi connectivity index (χ2n) is 6.51. The summed E-state index contributed by atoms with van der Waals surface area (Å²) in [5.74, 6) is -0.187. The monoisotopic (exact) mass is 389 g/mol. The van der Waals surface area contributed by atoms with Crippen LogP contribution in [-0.2, 0) is 14.8 Å². The third-order valence-corrected chi connectivity index (χ3v) is 6.49. The molecule has 0 bridgehead atoms. The lowest BCUT2D eigenvalue weighted by Crippen LogP contribution is -2.40. The normalized spacial score (nSPS) is 25.2. The number of amides is 1. The second kappa shape index (κ2) is 7.80. The maximum absolute atomic E-state index is 12.4. The lowest BCUT2D eigenvalue weighted by atomic mass is 9.92. The highest BCUT2D eigenvalue weighted by Crippen LogP contribution is 2.32. The summed E-state index contributed by atoms with van der Waals surface area (Å²) in [6.45, 7) is 3.25. The summed E-state index contributed by atoms with van der Waals surface area (Å²) in [5.41, 5.74) is 0.727. The van der Waals surface area contributed by atoms with Gasteiger partial charge in [0.1, 0.15) is 5.75 Å². The molecule has 0 radical (unpaired) electrons. The number of phenolic OH excluding ortho intramolecular Hbond substituents is 1. The first kappa shape index (κ1) is 19.8. The van der Waals surface area contributed by atoms with Crippen LogP contribution in [0.25, 0.3) is 0 Å². The van der Waals surface area contributed by atoms with Crippen LogP contribution < -0.4 is 14.9 Å². The molecule has 3 rings (SSSR count). The number of rotatable bonds is 3. The van der Waals surface area contributed by atoms with Gasteiger partial charge in [0, 0.05) is 18.5 Å². The second-order valence-corrected chi connectivity index (χ2v) is 8.52. The predicted molar refractivity (Wildman–Crippen MR) is 99.9 cm³/mol. The first-order chi connectivity index (χ1) is 11.4. The fraction of sp³-hybridized carbons (Fsp3) is 0.562. The van der Waals surface area contributed by atoms with Gasteiger partial charge in [0.05, 0.1) is 17.1 Å². The molecule has 0 aliphatic carbocycles. The number of carbonyl (C=O) groups excluding carboxylic acids is 1. The van der Waals surface area contributed by atoms with Crippen LogP contribution in [0.4, 0.5) is 11.4 Å². The van der Waals surface area contributed by atoms with E-state index in [4.69, 9.17) is 0 Å². The Bertz CT molecular complexity index is 741. The minimum Gasteiger partial charge on any atom is -0.506 e. The van der Waals surface area contributed by atoms with Crippen LogP contribution in [0.3, 0.4) is 0 Å². The van der Waals surface area contributed by atoms with Crippen molar-refractivity contribution in [3.8, 4) is 5.75 Å². The Morgan fingerprint density at radius 2 is 2.16 bits per heavy atom. The Kier molecular flexibility index (Phi) is 6.18. The summed E-state index contributed by atoms with van der Waals surface area (Å²) in [4.78, 5) is 12.4. The highest BCUT2D eigenvalue weighted by atomic mass is 35.5. The van der Waals surface area contributed by atoms with Crippen LogP contribution in [0.15, 0.2) is 18.2 Å². The van der Waals surface area contributed by atoms with Crippen molar-refractivity contribution in [2.24, 2.45) is 5.92 Å². The van der Waals surface area contributed by atoms with E-state index >= 15 is 0 Å². The number of carbonyl (C=O) groups is 1. The van der Waals surface area contributed by atoms with E-state index in [1.165, 1.54) is 16.4 Å². The van der Waals surface area contributed by atoms with Gasteiger partial charge in [-0.1, -0.05) is 0 Å². The molecule has 9 heteroatoms. The minimum absolute atomic E-state index is 0. The zero-order chi connectivity index (χ0) is 17.3. The summed E-state index contributed by atoms with van der Waals surface area (Å²) >= 11 is 0. The van der Waals surface area contributed by atoms with E-state index in [1.54, 1.807) is 6.07 Å². The summed E-state index contributed by atoms with van der Waals surface area (Å²) < 4.78 is 25.4. The van der Waals surface area contributed by atoms with Crippen molar-refractivity contribution in [1.82, 2.24) is 5.32 Å². The van der Waals surface area contributed by atoms with Gasteiger partial charge in [0.25, 0.3) is 0 Å². The number of nitrogens with one attached hydrogen (secondary N) is 2. The standard InChI is InChI=1S/C16H23N3O4S.ClH/c1-11-9-12(5-6-17-11)16(21)18-14-10-13(3-4-15(14)20)19-7-2-8-24(19,22)23;/h3-4,10-12,17,20H,2,5-9H2,1H3,(H,18,21);1H/t11-,12-;/m0./s1. The number of hydrogen-bond acceptors (Lipinski definition) is 5. The smallest absolute Gasteiger partial charge is 0.235 e. The number of aromatic hydroxyl groups is 1. The van der Waals surface area contributed by atoms with Crippen molar-refractivity contribution in [1.29, 1.82) is 0 Å². The molecule has 0 aromatic heterocycles. The average molecular weight is 390 g/mol. The fourth-order valence-corrected chi connectivity index (χ4v) is 4.87. The number of phenols is 1. The van der Waals surface area contributed by atoms with Gasteiger partial charge in [-0.3, -0.25) is 9.10 Å². The highest BCUT2D eigenvalue weighted by molar-refractivity contribution is 7.93. The van der Waals surface area contributed by atoms with E-state index < -0.39 is 10.0 Å². The summed E-state index contributed by atoms with van der Waals surface area (Å²) in [5, 5.41) is 16.1. The van der Waals surface area contributed by atoms with Crippen LogP contribution in [0.1, 0.15) is 26.2 Å². The number of piperidine rings is 1. The van der Waals surface area contributed by atoms with E-state index in [9.17, 15) is 18.3 Å². The van der Waals surface area contributed by atoms with Crippen LogP contribution in [-0.4, -0.2) is 44.3 Å². The number of hydrogen-bond donors (Lipinski definition) is 3. The molecule has 2 aliphatic heterocycles. The SMILES string of the molecule is C[C@H]1C[C@@H](C(=O)Nc2cc(N3CCCS3(=O)=O)ccc2O)CCN1.Cl. The van der Waals surface area contributed by atoms with Gasteiger partial charge in [-0.2, -0.15) is 0 Å². The maximum Gasteiger partial charge on any atom is 0.235 e. The third-order valence-electron chi connectivity index (χ3n) is 4.62. The molecule has 7 nitrogen and oxygen atoms in total. The highest BCUT2D eigenvalue weighted by Gasteiger charge is 2.29. The molecule has 3 N–H and O–H groups in total. The van der Waals surface area contributed by atoms with E-state index in [1.807, 2.05) is 6.92 Å². The quantitative estimate of drug-likeness (QED) is 0.683. The van der Waals surface area contributed by atoms with Gasteiger partial charge < -0.3 is 15.7 Å². The van der Waals surface area contributed by atoms with Gasteiger partial charge in [-0.25, -0.2) is 8.42 Å². The molecular formula is C16H24ClN3O4S. The Morgan fingerprint density at radius 1 is 1.40 bits per heavy atom.